The van der Waals surface area contributed by atoms with Crippen LogP contribution in [0.2, 0.25) is 0 Å². The lowest BCUT2D eigenvalue weighted by atomic mass is 9.98. The van der Waals surface area contributed by atoms with E-state index >= 15 is 0 Å². The molecule has 2 N–H and O–H groups in total. The van der Waals surface area contributed by atoms with Gasteiger partial charge >= 0.3 is 0 Å². The van der Waals surface area contributed by atoms with Gasteiger partial charge in [0.15, 0.2) is 0 Å². The van der Waals surface area contributed by atoms with Crippen LogP contribution in [0.1, 0.15) is 24.0 Å². The lowest BCUT2D eigenvalue weighted by molar-refractivity contribution is 0.351. The molecule has 0 fully saturated rings. The highest BCUT2D eigenvalue weighted by molar-refractivity contribution is 5.45. The molecule has 1 aliphatic heterocycles. The molecule has 1 aromatic carbocycles. The second-order valence-electron chi connectivity index (χ2n) is 3.57. The van der Waals surface area contributed by atoms with Crippen molar-refractivity contribution in [2.24, 2.45) is 5.73 Å². The first-order valence-electron chi connectivity index (χ1n) is 4.77. The molecule has 0 spiro atoms. The summed E-state index contributed by atoms with van der Waals surface area (Å²) in [6.07, 6.45) is 1.04. The number of hydrogen-bond donors (Lipinski definition) is 1. The number of benzene rings is 1. The molecule has 0 aliphatic carbocycles. The summed E-state index contributed by atoms with van der Waals surface area (Å²) in [5.74, 6) is 1.48. The predicted molar refractivity (Wildman–Crippen MR) is 53.1 cm³/mol. The van der Waals surface area contributed by atoms with E-state index in [2.05, 4.69) is 25.1 Å². The van der Waals surface area contributed by atoms with Crippen molar-refractivity contribution in [3.05, 3.63) is 29.3 Å². The third-order valence-corrected chi connectivity index (χ3v) is 2.63. The summed E-state index contributed by atoms with van der Waals surface area (Å²) < 4.78 is 5.60. The van der Waals surface area contributed by atoms with E-state index in [0.29, 0.717) is 12.5 Å². The molecular formula is C11H15NO. The van der Waals surface area contributed by atoms with E-state index in [1.54, 1.807) is 0 Å². The third-order valence-electron chi connectivity index (χ3n) is 2.63. The smallest absolute Gasteiger partial charge is 0.126 e. The first kappa shape index (κ1) is 8.57. The lowest BCUT2D eigenvalue weighted by Crippen LogP contribution is -2.09. The Morgan fingerprint density at radius 1 is 1.54 bits per heavy atom. The maximum absolute atomic E-state index is 5.64. The van der Waals surface area contributed by atoms with E-state index in [0.717, 1.165) is 18.8 Å². The van der Waals surface area contributed by atoms with Crippen LogP contribution in [0.25, 0.3) is 0 Å². The molecule has 0 radical (unpaired) electrons. The van der Waals surface area contributed by atoms with Gasteiger partial charge in [-0.3, -0.25) is 0 Å². The van der Waals surface area contributed by atoms with Crippen molar-refractivity contribution in [1.82, 2.24) is 0 Å². The molecule has 0 amide bonds. The number of hydrogen-bond acceptors (Lipinski definition) is 2. The Morgan fingerprint density at radius 3 is 3.15 bits per heavy atom. The highest BCUT2D eigenvalue weighted by atomic mass is 16.5. The molecule has 0 saturated heterocycles. The fraction of sp³-hybridized carbons (Fsp3) is 0.455. The van der Waals surface area contributed by atoms with Crippen molar-refractivity contribution in [2.45, 2.75) is 19.3 Å². The van der Waals surface area contributed by atoms with Crippen molar-refractivity contribution >= 4 is 0 Å². The van der Waals surface area contributed by atoms with Crippen molar-refractivity contribution < 1.29 is 4.74 Å². The summed E-state index contributed by atoms with van der Waals surface area (Å²) in [6.45, 7) is 3.64. The van der Waals surface area contributed by atoms with Crippen LogP contribution in [0, 0.1) is 0 Å². The zero-order chi connectivity index (χ0) is 9.26. The molecule has 1 heterocycles. The van der Waals surface area contributed by atoms with Gasteiger partial charge in [-0.2, -0.15) is 0 Å². The van der Waals surface area contributed by atoms with Gasteiger partial charge in [0.2, 0.25) is 0 Å². The van der Waals surface area contributed by atoms with Gasteiger partial charge in [0.25, 0.3) is 0 Å². The molecule has 0 aromatic heterocycles. The number of fused-ring (bicyclic) bond motifs is 1. The molecule has 2 nitrogen and oxygen atoms in total. The molecule has 1 aliphatic rings. The van der Waals surface area contributed by atoms with Crippen LogP contribution in [-0.4, -0.2) is 13.2 Å². The Morgan fingerprint density at radius 2 is 2.38 bits per heavy atom. The molecule has 2 heteroatoms. The monoisotopic (exact) mass is 177 g/mol. The van der Waals surface area contributed by atoms with E-state index in [4.69, 9.17) is 10.5 Å². The topological polar surface area (TPSA) is 35.2 Å². The SMILES string of the molecule is CC(CN)c1cccc2c1OCC2. The van der Waals surface area contributed by atoms with Crippen LogP contribution >= 0.6 is 0 Å². The normalized spacial score (nSPS) is 16.5. The maximum Gasteiger partial charge on any atom is 0.126 e. The Hall–Kier alpha value is -1.02. The van der Waals surface area contributed by atoms with Crippen LogP contribution in [0.3, 0.4) is 0 Å². The van der Waals surface area contributed by atoms with Gasteiger partial charge < -0.3 is 10.5 Å². The number of rotatable bonds is 2. The molecule has 1 unspecified atom stereocenters. The van der Waals surface area contributed by atoms with Crippen LogP contribution in [0.5, 0.6) is 5.75 Å². The van der Waals surface area contributed by atoms with Gasteiger partial charge in [0.05, 0.1) is 6.61 Å². The van der Waals surface area contributed by atoms with Crippen molar-refractivity contribution in [2.75, 3.05) is 13.2 Å². The summed E-state index contributed by atoms with van der Waals surface area (Å²) in [5, 5.41) is 0. The summed E-state index contributed by atoms with van der Waals surface area (Å²) in [6, 6.07) is 6.34. The van der Waals surface area contributed by atoms with Gasteiger partial charge in [-0.05, 0) is 23.6 Å². The summed E-state index contributed by atoms with van der Waals surface area (Å²) >= 11 is 0. The first-order valence-corrected chi connectivity index (χ1v) is 4.77. The molecule has 0 saturated carbocycles. The van der Waals surface area contributed by atoms with Crippen LogP contribution < -0.4 is 10.5 Å². The fourth-order valence-electron chi connectivity index (χ4n) is 1.76. The Bertz CT molecular complexity index is 309. The Kier molecular flexibility index (Phi) is 2.23. The zero-order valence-corrected chi connectivity index (χ0v) is 7.92. The van der Waals surface area contributed by atoms with Gasteiger partial charge in [0, 0.05) is 6.42 Å². The molecular weight excluding hydrogens is 162 g/mol. The van der Waals surface area contributed by atoms with E-state index in [1.807, 2.05) is 0 Å². The quantitative estimate of drug-likeness (QED) is 0.746. The second kappa shape index (κ2) is 3.38. The van der Waals surface area contributed by atoms with Crippen molar-refractivity contribution in [3.63, 3.8) is 0 Å². The predicted octanol–water partition coefficient (Wildman–Crippen LogP) is 1.68. The van der Waals surface area contributed by atoms with Crippen molar-refractivity contribution in [1.29, 1.82) is 0 Å². The summed E-state index contributed by atoms with van der Waals surface area (Å²) in [7, 11) is 0. The van der Waals surface area contributed by atoms with Crippen LogP contribution in [-0.2, 0) is 6.42 Å². The largest absolute Gasteiger partial charge is 0.493 e. The average Bonchev–Trinajstić information content (AvgIpc) is 2.63. The number of nitrogens with two attached hydrogens (primary N) is 1. The highest BCUT2D eigenvalue weighted by Crippen LogP contribution is 2.33. The zero-order valence-electron chi connectivity index (χ0n) is 7.92. The van der Waals surface area contributed by atoms with Gasteiger partial charge in [-0.1, -0.05) is 25.1 Å². The molecule has 0 bridgehead atoms. The minimum absolute atomic E-state index is 0.396. The van der Waals surface area contributed by atoms with Gasteiger partial charge in [-0.15, -0.1) is 0 Å². The van der Waals surface area contributed by atoms with E-state index in [1.165, 1.54) is 11.1 Å². The van der Waals surface area contributed by atoms with Gasteiger partial charge in [0.1, 0.15) is 5.75 Å². The molecule has 2 rings (SSSR count). The van der Waals surface area contributed by atoms with E-state index < -0.39 is 0 Å². The minimum atomic E-state index is 0.396. The second-order valence-corrected chi connectivity index (χ2v) is 3.57. The lowest BCUT2D eigenvalue weighted by Gasteiger charge is -2.12. The van der Waals surface area contributed by atoms with Gasteiger partial charge in [-0.25, -0.2) is 0 Å². The maximum atomic E-state index is 5.64. The number of para-hydroxylation sites is 1. The Labute approximate surface area is 78.7 Å². The summed E-state index contributed by atoms with van der Waals surface area (Å²) in [4.78, 5) is 0. The van der Waals surface area contributed by atoms with Crippen LogP contribution in [0.15, 0.2) is 18.2 Å². The Balaban J connectivity index is 2.41. The number of ether oxygens (including phenoxy) is 1. The van der Waals surface area contributed by atoms with E-state index in [9.17, 15) is 0 Å². The molecule has 13 heavy (non-hydrogen) atoms. The average molecular weight is 177 g/mol. The molecule has 1 aromatic rings. The summed E-state index contributed by atoms with van der Waals surface area (Å²) in [5.41, 5.74) is 8.24. The van der Waals surface area contributed by atoms with E-state index in [-0.39, 0.29) is 0 Å². The minimum Gasteiger partial charge on any atom is -0.493 e. The first-order chi connectivity index (χ1) is 6.33. The standard InChI is InChI=1S/C11H15NO/c1-8(7-12)10-4-2-3-9-5-6-13-11(9)10/h2-4,8H,5-7,12H2,1H3. The highest BCUT2D eigenvalue weighted by Gasteiger charge is 2.18. The molecule has 1 atom stereocenters. The third kappa shape index (κ3) is 1.42. The van der Waals surface area contributed by atoms with Crippen molar-refractivity contribution in [3.8, 4) is 5.75 Å². The van der Waals surface area contributed by atoms with Crippen LogP contribution in [0.4, 0.5) is 0 Å². The molecule has 70 valence electrons. The fourth-order valence-corrected chi connectivity index (χ4v) is 1.76.